The van der Waals surface area contributed by atoms with Gasteiger partial charge >= 0.3 is 6.92 Å². The first kappa shape index (κ1) is 32.3. The van der Waals surface area contributed by atoms with Crippen LogP contribution in [0.25, 0.3) is 93.9 Å². The third kappa shape index (κ3) is 4.85. The molecule has 4 heterocycles. The Morgan fingerprint density at radius 3 is 1.85 bits per heavy atom. The minimum atomic E-state index is -0.309. The largest absolute Gasteiger partial charge is 0.551 e. The average molecular weight is 754 g/mol. The Hall–Kier alpha value is -7.76. The summed E-state index contributed by atoms with van der Waals surface area (Å²) in [6, 6.07) is 68.9. The summed E-state index contributed by atoms with van der Waals surface area (Å²) in [6.07, 6.45) is 0. The van der Waals surface area contributed by atoms with Crippen LogP contribution in [-0.4, -0.2) is 11.5 Å². The van der Waals surface area contributed by atoms with Gasteiger partial charge in [0.2, 0.25) is 0 Å². The van der Waals surface area contributed by atoms with Crippen molar-refractivity contribution in [1.82, 2.24) is 4.57 Å². The van der Waals surface area contributed by atoms with Crippen molar-refractivity contribution >= 4 is 61.6 Å². The van der Waals surface area contributed by atoms with Gasteiger partial charge in [0.25, 0.3) is 0 Å². The summed E-state index contributed by atoms with van der Waals surface area (Å²) >= 11 is 0. The first-order chi connectivity index (χ1) is 29.2. The lowest BCUT2D eigenvalue weighted by Gasteiger charge is -2.33. The number of furan rings is 1. The fraction of sp³-hybridized carbons (Fsp3) is 0. The highest BCUT2D eigenvalue weighted by atomic mass is 16.5. The Labute approximate surface area is 340 Å². The van der Waals surface area contributed by atoms with Crippen molar-refractivity contribution in [2.75, 3.05) is 0 Å². The lowest BCUT2D eigenvalue weighted by Crippen LogP contribution is -2.53. The average Bonchev–Trinajstić information content (AvgIpc) is 3.84. The molecule has 9 aromatic carbocycles. The molecule has 274 valence electrons. The molecule has 4 nitrogen and oxygen atoms in total. The monoisotopic (exact) mass is 753 g/mol. The van der Waals surface area contributed by atoms with E-state index in [1.807, 2.05) is 18.2 Å². The lowest BCUT2D eigenvalue weighted by molar-refractivity contribution is 0.480. The van der Waals surface area contributed by atoms with E-state index in [-0.39, 0.29) is 6.92 Å². The molecule has 0 atom stereocenters. The Morgan fingerprint density at radius 2 is 1.02 bits per heavy atom. The third-order valence-electron chi connectivity index (χ3n) is 12.3. The van der Waals surface area contributed by atoms with Gasteiger partial charge in [0.15, 0.2) is 0 Å². The number of nitrogens with zero attached hydrogens (tertiary/aromatic N) is 1. The summed E-state index contributed by atoms with van der Waals surface area (Å²) in [6.45, 7) is -0.309. The van der Waals surface area contributed by atoms with Crippen LogP contribution in [-0.2, 0) is 0 Å². The second kappa shape index (κ2) is 12.4. The molecular formula is C54H32BNO3. The minimum absolute atomic E-state index is 0.309. The number of hydrogen-bond donors (Lipinski definition) is 0. The molecule has 0 radical (unpaired) electrons. The van der Waals surface area contributed by atoms with Gasteiger partial charge in [0.05, 0.1) is 11.0 Å². The highest BCUT2D eigenvalue weighted by Crippen LogP contribution is 2.44. The Bertz CT molecular complexity index is 3490. The fourth-order valence-electron chi connectivity index (χ4n) is 9.60. The van der Waals surface area contributed by atoms with E-state index in [1.165, 1.54) is 21.8 Å². The standard InChI is InChI=1S/C54H32BNO3/c1-2-15-39(38(14-1)35-24-26-44-42-18-5-9-22-49(42)57-51(44)31-35)36-29-45-43-19-6-10-23-50(43)59-55-46-27-25-34(30-52(46)58-53(32-36)54(45)55)33-12-11-13-37(28-33)56-47-20-7-3-16-40(47)41-17-4-8-21-48(41)56/h1-32H. The summed E-state index contributed by atoms with van der Waals surface area (Å²) in [5, 5.41) is 4.74. The van der Waals surface area contributed by atoms with E-state index >= 15 is 0 Å². The minimum Gasteiger partial charge on any atom is -0.551 e. The van der Waals surface area contributed by atoms with Gasteiger partial charge in [0.1, 0.15) is 28.4 Å². The van der Waals surface area contributed by atoms with Crippen LogP contribution < -0.4 is 20.3 Å². The Balaban J connectivity index is 0.938. The molecule has 2 aliphatic rings. The summed E-state index contributed by atoms with van der Waals surface area (Å²) < 4.78 is 22.6. The maximum absolute atomic E-state index is 7.02. The van der Waals surface area contributed by atoms with Crippen LogP contribution >= 0.6 is 0 Å². The van der Waals surface area contributed by atoms with Crippen LogP contribution in [0.4, 0.5) is 0 Å². The van der Waals surface area contributed by atoms with E-state index in [2.05, 4.69) is 180 Å². The number of benzene rings is 9. The third-order valence-corrected chi connectivity index (χ3v) is 12.3. The molecule has 11 aromatic rings. The zero-order chi connectivity index (χ0) is 38.6. The predicted octanol–water partition coefficient (Wildman–Crippen LogP) is 13.0. The number of ether oxygens (including phenoxy) is 1. The van der Waals surface area contributed by atoms with E-state index < -0.39 is 0 Å². The van der Waals surface area contributed by atoms with Gasteiger partial charge in [-0.05, 0) is 106 Å². The topological polar surface area (TPSA) is 36.5 Å². The van der Waals surface area contributed by atoms with Crippen LogP contribution in [0.15, 0.2) is 199 Å². The molecule has 0 saturated carbocycles. The molecule has 0 bridgehead atoms. The van der Waals surface area contributed by atoms with Crippen LogP contribution in [0.3, 0.4) is 0 Å². The molecular weight excluding hydrogens is 721 g/mol. The number of hydrogen-bond acceptors (Lipinski definition) is 3. The molecule has 0 amide bonds. The highest BCUT2D eigenvalue weighted by Gasteiger charge is 2.41. The summed E-state index contributed by atoms with van der Waals surface area (Å²) in [7, 11) is 0. The predicted molar refractivity (Wildman–Crippen MR) is 242 cm³/mol. The van der Waals surface area contributed by atoms with Crippen LogP contribution in [0.5, 0.6) is 17.2 Å². The van der Waals surface area contributed by atoms with E-state index in [0.29, 0.717) is 0 Å². The Kier molecular flexibility index (Phi) is 6.78. The number of aromatic nitrogens is 1. The molecule has 0 aliphatic carbocycles. The van der Waals surface area contributed by atoms with E-state index in [4.69, 9.17) is 13.8 Å². The molecule has 0 unspecified atom stereocenters. The van der Waals surface area contributed by atoms with Gasteiger partial charge < -0.3 is 18.4 Å². The molecule has 13 rings (SSSR count). The smallest absolute Gasteiger partial charge is 0.434 e. The number of fused-ring (bicyclic) bond motifs is 10. The quantitative estimate of drug-likeness (QED) is 0.168. The summed E-state index contributed by atoms with van der Waals surface area (Å²) in [5.41, 5.74) is 16.1. The summed E-state index contributed by atoms with van der Waals surface area (Å²) in [4.78, 5) is 0. The molecule has 0 spiro atoms. The molecule has 59 heavy (non-hydrogen) atoms. The first-order valence-corrected chi connectivity index (χ1v) is 20.1. The van der Waals surface area contributed by atoms with Crippen molar-refractivity contribution in [3.63, 3.8) is 0 Å². The van der Waals surface area contributed by atoms with Crippen LogP contribution in [0, 0.1) is 0 Å². The first-order valence-electron chi connectivity index (χ1n) is 20.1. The number of rotatable bonds is 4. The fourth-order valence-corrected chi connectivity index (χ4v) is 9.60. The van der Waals surface area contributed by atoms with Gasteiger partial charge in [-0.1, -0.05) is 127 Å². The van der Waals surface area contributed by atoms with E-state index in [9.17, 15) is 0 Å². The van der Waals surface area contributed by atoms with Crippen molar-refractivity contribution in [2.45, 2.75) is 0 Å². The van der Waals surface area contributed by atoms with Gasteiger partial charge in [-0.3, -0.25) is 0 Å². The van der Waals surface area contributed by atoms with E-state index in [0.717, 1.165) is 100 Å². The molecule has 0 N–H and O–H groups in total. The van der Waals surface area contributed by atoms with Crippen molar-refractivity contribution in [2.24, 2.45) is 0 Å². The van der Waals surface area contributed by atoms with Gasteiger partial charge in [0, 0.05) is 43.7 Å². The second-order valence-corrected chi connectivity index (χ2v) is 15.6. The zero-order valence-corrected chi connectivity index (χ0v) is 31.7. The molecule has 0 saturated heterocycles. The summed E-state index contributed by atoms with van der Waals surface area (Å²) in [5.74, 6) is 2.48. The van der Waals surface area contributed by atoms with Gasteiger partial charge in [-0.15, -0.1) is 0 Å². The second-order valence-electron chi connectivity index (χ2n) is 15.6. The SMILES string of the molecule is c1cc(-c2ccc3c(c2)Oc2cc(-c4ccccc4-c4ccc5c(c4)oc4ccccc45)cc4c2B3Oc2ccccc2-4)cc(-n2c3ccccc3c3ccccc32)c1. The maximum atomic E-state index is 7.02. The zero-order valence-electron chi connectivity index (χ0n) is 31.7. The van der Waals surface area contributed by atoms with Crippen molar-refractivity contribution in [1.29, 1.82) is 0 Å². The maximum Gasteiger partial charge on any atom is 0.434 e. The van der Waals surface area contributed by atoms with Gasteiger partial charge in [-0.25, -0.2) is 0 Å². The normalized spacial score (nSPS) is 12.6. The highest BCUT2D eigenvalue weighted by molar-refractivity contribution is 6.84. The van der Waals surface area contributed by atoms with Gasteiger partial charge in [-0.2, -0.15) is 0 Å². The van der Waals surface area contributed by atoms with Crippen LogP contribution in [0.2, 0.25) is 0 Å². The molecule has 5 heteroatoms. The Morgan fingerprint density at radius 1 is 0.373 bits per heavy atom. The van der Waals surface area contributed by atoms with Crippen LogP contribution in [0.1, 0.15) is 0 Å². The van der Waals surface area contributed by atoms with Crippen molar-refractivity contribution in [3.05, 3.63) is 194 Å². The van der Waals surface area contributed by atoms with Crippen molar-refractivity contribution in [3.8, 4) is 67.4 Å². The van der Waals surface area contributed by atoms with Crippen molar-refractivity contribution < 1.29 is 13.8 Å². The molecule has 0 fully saturated rings. The molecule has 2 aromatic heterocycles. The lowest BCUT2D eigenvalue weighted by atomic mass is 9.50. The van der Waals surface area contributed by atoms with E-state index in [1.54, 1.807) is 0 Å². The molecule has 2 aliphatic heterocycles. The number of para-hydroxylation sites is 4.